The average Bonchev–Trinajstić information content (AvgIpc) is 3.32. The summed E-state index contributed by atoms with van der Waals surface area (Å²) in [4.78, 5) is 29.6. The summed E-state index contributed by atoms with van der Waals surface area (Å²) in [7, 11) is 0. The Balaban J connectivity index is 1.52. The lowest BCUT2D eigenvalue weighted by Gasteiger charge is -2.42. The molecule has 0 N–H and O–H groups in total. The van der Waals surface area contributed by atoms with E-state index in [1.165, 1.54) is 0 Å². The van der Waals surface area contributed by atoms with Gasteiger partial charge in [0, 0.05) is 37.1 Å². The number of amides is 2. The zero-order chi connectivity index (χ0) is 23.3. The van der Waals surface area contributed by atoms with E-state index in [0.717, 1.165) is 0 Å². The summed E-state index contributed by atoms with van der Waals surface area (Å²) in [5.74, 6) is 0.895. The topological polar surface area (TPSA) is 94.3 Å². The van der Waals surface area contributed by atoms with Crippen LogP contribution in [0.4, 0.5) is 0 Å². The van der Waals surface area contributed by atoms with Crippen LogP contribution in [-0.2, 0) is 20.7 Å². The third kappa shape index (κ3) is 5.85. The molecule has 0 aliphatic carbocycles. The fourth-order valence-corrected chi connectivity index (χ4v) is 4.16. The number of halogens is 1. The van der Waals surface area contributed by atoms with Crippen LogP contribution in [0.2, 0.25) is 5.02 Å². The second kappa shape index (κ2) is 10.5. The molecule has 3 heterocycles. The maximum Gasteiger partial charge on any atom is 0.276 e. The molecule has 1 unspecified atom stereocenters. The molecule has 1 aromatic heterocycles. The van der Waals surface area contributed by atoms with E-state index in [2.05, 4.69) is 5.16 Å². The molecule has 0 bridgehead atoms. The van der Waals surface area contributed by atoms with Gasteiger partial charge in [0.2, 0.25) is 5.91 Å². The Bertz CT molecular complexity index is 977. The number of benzene rings is 1. The van der Waals surface area contributed by atoms with Crippen LogP contribution < -0.4 is 4.74 Å². The molecule has 0 spiro atoms. The highest BCUT2D eigenvalue weighted by atomic mass is 35.5. The molecule has 9 nitrogen and oxygen atoms in total. The van der Waals surface area contributed by atoms with Crippen molar-refractivity contribution in [2.24, 2.45) is 0 Å². The lowest BCUT2D eigenvalue weighted by molar-refractivity contribution is -0.155. The number of hydrogen-bond acceptors (Lipinski definition) is 7. The second-order valence-corrected chi connectivity index (χ2v) is 8.64. The van der Waals surface area contributed by atoms with Gasteiger partial charge in [-0.25, -0.2) is 0 Å². The predicted molar refractivity (Wildman–Crippen MR) is 119 cm³/mol. The van der Waals surface area contributed by atoms with E-state index in [4.69, 9.17) is 30.3 Å². The van der Waals surface area contributed by atoms with Gasteiger partial charge in [-0.15, -0.1) is 0 Å². The maximum atomic E-state index is 13.1. The Labute approximate surface area is 197 Å². The molecule has 10 heteroatoms. The molecule has 2 saturated heterocycles. The normalized spacial score (nSPS) is 21.2. The quantitative estimate of drug-likeness (QED) is 0.604. The van der Waals surface area contributed by atoms with Gasteiger partial charge in [0.1, 0.15) is 23.7 Å². The highest BCUT2D eigenvalue weighted by Crippen LogP contribution is 2.27. The number of morpholine rings is 2. The number of carbonyl (C=O) groups excluding carboxylic acids is 2. The van der Waals surface area contributed by atoms with Crippen molar-refractivity contribution in [3.05, 3.63) is 46.8 Å². The van der Waals surface area contributed by atoms with Crippen molar-refractivity contribution in [3.8, 4) is 5.75 Å². The number of aryl methyl sites for hydroxylation is 1. The van der Waals surface area contributed by atoms with Crippen molar-refractivity contribution in [2.45, 2.75) is 25.4 Å². The Morgan fingerprint density at radius 2 is 1.94 bits per heavy atom. The van der Waals surface area contributed by atoms with Crippen molar-refractivity contribution >= 4 is 23.4 Å². The van der Waals surface area contributed by atoms with E-state index in [0.29, 0.717) is 55.8 Å². The lowest BCUT2D eigenvalue weighted by atomic mass is 9.96. The van der Waals surface area contributed by atoms with Crippen molar-refractivity contribution in [2.75, 3.05) is 52.6 Å². The Hall–Kier alpha value is -2.62. The number of nitrogens with zero attached hydrogens (tertiary/aromatic N) is 3. The SMILES string of the molecule is CCc1cc(C(=O)N2CCOC(COc3cccc(Cl)c3)(CC(=O)N3CCOCC3)C2)no1. The Morgan fingerprint density at radius 1 is 1.15 bits per heavy atom. The standard InChI is InChI=1S/C23H28ClN3O6/c1-2-18-13-20(25-33-18)22(29)27-8-11-32-23(15-27,14-21(28)26-6-9-30-10-7-26)16-31-19-5-3-4-17(24)12-19/h3-5,12-13H,2,6-11,14-16H2,1H3. The highest BCUT2D eigenvalue weighted by Gasteiger charge is 2.43. The van der Waals surface area contributed by atoms with Crippen molar-refractivity contribution < 1.29 is 28.3 Å². The highest BCUT2D eigenvalue weighted by molar-refractivity contribution is 6.30. The van der Waals surface area contributed by atoms with Gasteiger partial charge in [-0.05, 0) is 18.2 Å². The van der Waals surface area contributed by atoms with Crippen molar-refractivity contribution in [1.82, 2.24) is 15.0 Å². The van der Waals surface area contributed by atoms with Crippen LogP contribution in [0, 0.1) is 0 Å². The molecule has 4 rings (SSSR count). The minimum Gasteiger partial charge on any atom is -0.490 e. The van der Waals surface area contributed by atoms with Crippen LogP contribution in [0.5, 0.6) is 5.75 Å². The monoisotopic (exact) mass is 477 g/mol. The molecular weight excluding hydrogens is 450 g/mol. The molecule has 1 atom stereocenters. The van der Waals surface area contributed by atoms with Gasteiger partial charge >= 0.3 is 0 Å². The summed E-state index contributed by atoms with van der Waals surface area (Å²) in [6.45, 7) is 4.96. The van der Waals surface area contributed by atoms with Crippen LogP contribution in [0.15, 0.2) is 34.9 Å². The first-order valence-corrected chi connectivity index (χ1v) is 11.5. The van der Waals surface area contributed by atoms with Gasteiger partial charge in [-0.3, -0.25) is 9.59 Å². The van der Waals surface area contributed by atoms with Gasteiger partial charge in [0.25, 0.3) is 5.91 Å². The van der Waals surface area contributed by atoms with Gasteiger partial charge in [-0.1, -0.05) is 29.7 Å². The molecule has 178 valence electrons. The summed E-state index contributed by atoms with van der Waals surface area (Å²) >= 11 is 6.08. The number of rotatable bonds is 7. The number of hydrogen-bond donors (Lipinski definition) is 0. The molecule has 1 aromatic carbocycles. The predicted octanol–water partition coefficient (Wildman–Crippen LogP) is 2.43. The molecule has 2 fully saturated rings. The first-order valence-electron chi connectivity index (χ1n) is 11.1. The van der Waals surface area contributed by atoms with Crippen LogP contribution >= 0.6 is 11.6 Å². The zero-order valence-electron chi connectivity index (χ0n) is 18.6. The van der Waals surface area contributed by atoms with E-state index < -0.39 is 5.60 Å². The first-order chi connectivity index (χ1) is 16.0. The van der Waals surface area contributed by atoms with E-state index in [9.17, 15) is 9.59 Å². The summed E-state index contributed by atoms with van der Waals surface area (Å²) in [5.41, 5.74) is -0.763. The third-order valence-electron chi connectivity index (χ3n) is 5.80. The van der Waals surface area contributed by atoms with E-state index in [1.54, 1.807) is 40.1 Å². The Kier molecular flexibility index (Phi) is 7.52. The number of carbonyl (C=O) groups is 2. The fourth-order valence-electron chi connectivity index (χ4n) is 3.98. The zero-order valence-corrected chi connectivity index (χ0v) is 19.4. The molecule has 2 aliphatic rings. The van der Waals surface area contributed by atoms with Gasteiger partial charge in [0.05, 0.1) is 32.8 Å². The van der Waals surface area contributed by atoms with Crippen LogP contribution in [0.3, 0.4) is 0 Å². The number of aromatic nitrogens is 1. The van der Waals surface area contributed by atoms with Gasteiger partial charge in [0.15, 0.2) is 5.69 Å². The van der Waals surface area contributed by atoms with Crippen LogP contribution in [-0.4, -0.2) is 85.0 Å². The first kappa shape index (κ1) is 23.5. The molecule has 2 aromatic rings. The summed E-state index contributed by atoms with van der Waals surface area (Å²) in [5, 5.41) is 4.45. The maximum absolute atomic E-state index is 13.1. The Morgan fingerprint density at radius 3 is 2.67 bits per heavy atom. The molecule has 0 radical (unpaired) electrons. The van der Waals surface area contributed by atoms with Crippen LogP contribution in [0.1, 0.15) is 29.6 Å². The lowest BCUT2D eigenvalue weighted by Crippen LogP contribution is -2.58. The molecule has 33 heavy (non-hydrogen) atoms. The van der Waals surface area contributed by atoms with Gasteiger partial charge in [-0.2, -0.15) is 0 Å². The van der Waals surface area contributed by atoms with Gasteiger partial charge < -0.3 is 28.5 Å². The summed E-state index contributed by atoms with van der Waals surface area (Å²) < 4.78 is 22.7. The summed E-state index contributed by atoms with van der Waals surface area (Å²) in [6, 6.07) is 8.69. The summed E-state index contributed by atoms with van der Waals surface area (Å²) in [6.07, 6.45) is 0.727. The van der Waals surface area contributed by atoms with Crippen molar-refractivity contribution in [1.29, 1.82) is 0 Å². The average molecular weight is 478 g/mol. The molecule has 2 aliphatic heterocycles. The minimum atomic E-state index is -1.01. The molecular formula is C23H28ClN3O6. The van der Waals surface area contributed by atoms with E-state index in [1.807, 2.05) is 6.92 Å². The fraction of sp³-hybridized carbons (Fsp3) is 0.522. The minimum absolute atomic E-state index is 0.0583. The van der Waals surface area contributed by atoms with E-state index in [-0.39, 0.29) is 43.7 Å². The molecule has 0 saturated carbocycles. The van der Waals surface area contributed by atoms with Crippen molar-refractivity contribution in [3.63, 3.8) is 0 Å². The smallest absolute Gasteiger partial charge is 0.276 e. The second-order valence-electron chi connectivity index (χ2n) is 8.21. The van der Waals surface area contributed by atoms with E-state index >= 15 is 0 Å². The molecule has 2 amide bonds. The van der Waals surface area contributed by atoms with Crippen LogP contribution in [0.25, 0.3) is 0 Å². The number of ether oxygens (including phenoxy) is 3. The largest absolute Gasteiger partial charge is 0.490 e. The third-order valence-corrected chi connectivity index (χ3v) is 6.03.